The summed E-state index contributed by atoms with van der Waals surface area (Å²) in [6.45, 7) is 5.18. The lowest BCUT2D eigenvalue weighted by molar-refractivity contribution is 0.122. The van der Waals surface area contributed by atoms with Gasteiger partial charge >= 0.3 is 6.03 Å². The first-order valence-electron chi connectivity index (χ1n) is 9.81. The van der Waals surface area contributed by atoms with Gasteiger partial charge in [0.25, 0.3) is 0 Å². The summed E-state index contributed by atoms with van der Waals surface area (Å²) in [4.78, 5) is 22.0. The standard InChI is InChI=1S/C19H25N5O2S/c25-18(24-14-2-3-15(24)12-20-6-5-14)21-13-1-4-16-17(11-13)27-19(22-16)23-7-9-26-10-8-23/h1,4,11,14-15,20H,2-3,5-10,12H2,(H,21,25). The number of benzene rings is 1. The fraction of sp³-hybridized carbons (Fsp3) is 0.579. The molecule has 0 radical (unpaired) electrons. The van der Waals surface area contributed by atoms with Crippen LogP contribution in [0.4, 0.5) is 15.6 Å². The minimum Gasteiger partial charge on any atom is -0.378 e. The number of rotatable bonds is 2. The van der Waals surface area contributed by atoms with Crippen molar-refractivity contribution in [2.45, 2.75) is 31.3 Å². The summed E-state index contributed by atoms with van der Waals surface area (Å²) in [5.41, 5.74) is 1.83. The molecule has 2 bridgehead atoms. The molecule has 3 saturated heterocycles. The van der Waals surface area contributed by atoms with Crippen molar-refractivity contribution in [2.75, 3.05) is 49.6 Å². The molecule has 3 aliphatic rings. The highest BCUT2D eigenvalue weighted by Crippen LogP contribution is 2.32. The van der Waals surface area contributed by atoms with E-state index in [0.29, 0.717) is 12.1 Å². The van der Waals surface area contributed by atoms with Crippen LogP contribution in [0.5, 0.6) is 0 Å². The Labute approximate surface area is 162 Å². The third-order valence-electron chi connectivity index (χ3n) is 5.80. The van der Waals surface area contributed by atoms with E-state index in [1.165, 1.54) is 0 Å². The molecule has 8 heteroatoms. The molecular weight excluding hydrogens is 362 g/mol. The molecular formula is C19H25N5O2S. The van der Waals surface area contributed by atoms with Gasteiger partial charge in [0, 0.05) is 37.4 Å². The van der Waals surface area contributed by atoms with Crippen LogP contribution in [0.3, 0.4) is 0 Å². The van der Waals surface area contributed by atoms with Crippen molar-refractivity contribution in [3.05, 3.63) is 18.2 Å². The second-order valence-electron chi connectivity index (χ2n) is 7.49. The number of aromatic nitrogens is 1. The molecule has 2 amide bonds. The molecule has 0 spiro atoms. The van der Waals surface area contributed by atoms with Crippen molar-refractivity contribution in [3.8, 4) is 0 Å². The van der Waals surface area contributed by atoms with Crippen molar-refractivity contribution < 1.29 is 9.53 Å². The Morgan fingerprint density at radius 1 is 1.22 bits per heavy atom. The van der Waals surface area contributed by atoms with Crippen molar-refractivity contribution >= 4 is 38.4 Å². The predicted molar refractivity (Wildman–Crippen MR) is 108 cm³/mol. The monoisotopic (exact) mass is 387 g/mol. The van der Waals surface area contributed by atoms with Gasteiger partial charge in [-0.2, -0.15) is 0 Å². The number of hydrogen-bond donors (Lipinski definition) is 2. The zero-order valence-corrected chi connectivity index (χ0v) is 16.1. The molecule has 0 saturated carbocycles. The molecule has 2 N–H and O–H groups in total. The molecule has 2 unspecified atom stereocenters. The third kappa shape index (κ3) is 3.37. The minimum atomic E-state index is 0.0310. The molecule has 2 atom stereocenters. The minimum absolute atomic E-state index is 0.0310. The summed E-state index contributed by atoms with van der Waals surface area (Å²) in [6, 6.07) is 6.73. The molecule has 2 aromatic rings. The van der Waals surface area contributed by atoms with E-state index in [0.717, 1.165) is 79.7 Å². The van der Waals surface area contributed by atoms with Crippen LogP contribution in [-0.4, -0.2) is 67.4 Å². The second kappa shape index (κ2) is 7.26. The molecule has 4 heterocycles. The fourth-order valence-electron chi connectivity index (χ4n) is 4.38. The highest BCUT2D eigenvalue weighted by atomic mass is 32.1. The summed E-state index contributed by atoms with van der Waals surface area (Å²) in [6.07, 6.45) is 3.26. The number of carbonyl (C=O) groups excluding carboxylic acids is 1. The normalized spacial score (nSPS) is 25.6. The smallest absolute Gasteiger partial charge is 0.322 e. The molecule has 144 valence electrons. The number of urea groups is 1. The quantitative estimate of drug-likeness (QED) is 0.829. The van der Waals surface area contributed by atoms with Crippen LogP contribution in [0, 0.1) is 0 Å². The van der Waals surface area contributed by atoms with Gasteiger partial charge in [0.2, 0.25) is 0 Å². The Kier molecular flexibility index (Phi) is 4.63. The van der Waals surface area contributed by atoms with Crippen molar-refractivity contribution in [1.29, 1.82) is 0 Å². The number of amides is 2. The van der Waals surface area contributed by atoms with Gasteiger partial charge in [0.05, 0.1) is 23.4 Å². The third-order valence-corrected chi connectivity index (χ3v) is 6.88. The van der Waals surface area contributed by atoms with Gasteiger partial charge < -0.3 is 25.2 Å². The number of carbonyl (C=O) groups is 1. The Bertz CT molecular complexity index is 821. The predicted octanol–water partition coefficient (Wildman–Crippen LogP) is 2.49. The van der Waals surface area contributed by atoms with Crippen LogP contribution in [0.1, 0.15) is 19.3 Å². The van der Waals surface area contributed by atoms with E-state index in [-0.39, 0.29) is 6.03 Å². The van der Waals surface area contributed by atoms with Crippen molar-refractivity contribution in [1.82, 2.24) is 15.2 Å². The topological polar surface area (TPSA) is 69.7 Å². The second-order valence-corrected chi connectivity index (χ2v) is 8.50. The first-order valence-corrected chi connectivity index (χ1v) is 10.6. The number of nitrogens with one attached hydrogen (secondary N) is 2. The summed E-state index contributed by atoms with van der Waals surface area (Å²) in [5.74, 6) is 0. The summed E-state index contributed by atoms with van der Waals surface area (Å²) in [5, 5.41) is 7.60. The summed E-state index contributed by atoms with van der Waals surface area (Å²) in [7, 11) is 0. The van der Waals surface area contributed by atoms with Gasteiger partial charge in [-0.1, -0.05) is 11.3 Å². The van der Waals surface area contributed by atoms with Crippen LogP contribution >= 0.6 is 11.3 Å². The van der Waals surface area contributed by atoms with Gasteiger partial charge in [0.15, 0.2) is 5.13 Å². The van der Waals surface area contributed by atoms with Gasteiger partial charge in [-0.15, -0.1) is 0 Å². The van der Waals surface area contributed by atoms with Crippen molar-refractivity contribution in [3.63, 3.8) is 0 Å². The molecule has 1 aromatic heterocycles. The summed E-state index contributed by atoms with van der Waals surface area (Å²) < 4.78 is 6.53. The molecule has 27 heavy (non-hydrogen) atoms. The number of anilines is 2. The number of hydrogen-bond acceptors (Lipinski definition) is 6. The van der Waals surface area contributed by atoms with Crippen LogP contribution < -0.4 is 15.5 Å². The van der Waals surface area contributed by atoms with E-state index in [1.54, 1.807) is 11.3 Å². The Morgan fingerprint density at radius 2 is 2.07 bits per heavy atom. The molecule has 7 nitrogen and oxygen atoms in total. The molecule has 3 aliphatic heterocycles. The molecule has 3 fully saturated rings. The maximum Gasteiger partial charge on any atom is 0.322 e. The molecule has 5 rings (SSSR count). The van der Waals surface area contributed by atoms with E-state index in [2.05, 4.69) is 20.4 Å². The number of morpholine rings is 1. The van der Waals surface area contributed by atoms with Gasteiger partial charge in [-0.25, -0.2) is 9.78 Å². The molecule has 0 aliphatic carbocycles. The lowest BCUT2D eigenvalue weighted by Gasteiger charge is -2.28. The zero-order valence-electron chi connectivity index (χ0n) is 15.3. The Balaban J connectivity index is 1.33. The first kappa shape index (κ1) is 17.2. The van der Waals surface area contributed by atoms with E-state index < -0.39 is 0 Å². The fourth-order valence-corrected chi connectivity index (χ4v) is 5.44. The first-order chi connectivity index (χ1) is 13.3. The summed E-state index contributed by atoms with van der Waals surface area (Å²) >= 11 is 1.68. The van der Waals surface area contributed by atoms with Crippen LogP contribution in [0.25, 0.3) is 10.2 Å². The SMILES string of the molecule is O=C(Nc1ccc2nc(N3CCOCC3)sc2c1)N1C2CCNCC1CC2. The van der Waals surface area contributed by atoms with Gasteiger partial charge in [-0.05, 0) is 44.0 Å². The Hall–Kier alpha value is -1.90. The zero-order chi connectivity index (χ0) is 18.2. The average Bonchev–Trinajstić information content (AvgIpc) is 3.21. The largest absolute Gasteiger partial charge is 0.378 e. The van der Waals surface area contributed by atoms with Gasteiger partial charge in [-0.3, -0.25) is 0 Å². The van der Waals surface area contributed by atoms with E-state index in [1.807, 2.05) is 18.2 Å². The number of thiazole rings is 1. The maximum atomic E-state index is 12.9. The Morgan fingerprint density at radius 3 is 2.96 bits per heavy atom. The highest BCUT2D eigenvalue weighted by Gasteiger charge is 2.38. The highest BCUT2D eigenvalue weighted by molar-refractivity contribution is 7.22. The number of ether oxygens (including phenoxy) is 1. The average molecular weight is 388 g/mol. The lowest BCUT2D eigenvalue weighted by Crippen LogP contribution is -2.44. The van der Waals surface area contributed by atoms with Crippen LogP contribution in [-0.2, 0) is 4.74 Å². The van der Waals surface area contributed by atoms with Crippen molar-refractivity contribution in [2.24, 2.45) is 0 Å². The van der Waals surface area contributed by atoms with E-state index >= 15 is 0 Å². The molecule has 1 aromatic carbocycles. The maximum absolute atomic E-state index is 12.9. The van der Waals surface area contributed by atoms with Crippen LogP contribution in [0.15, 0.2) is 18.2 Å². The lowest BCUT2D eigenvalue weighted by atomic mass is 10.1. The van der Waals surface area contributed by atoms with E-state index in [4.69, 9.17) is 9.72 Å². The number of fused-ring (bicyclic) bond motifs is 3. The van der Waals surface area contributed by atoms with Crippen LogP contribution in [0.2, 0.25) is 0 Å². The van der Waals surface area contributed by atoms with Gasteiger partial charge in [0.1, 0.15) is 0 Å². The van der Waals surface area contributed by atoms with E-state index in [9.17, 15) is 4.79 Å². The number of nitrogens with zero attached hydrogens (tertiary/aromatic N) is 3.